The maximum Gasteiger partial charge on any atom is 0.410 e. The zero-order valence-electron chi connectivity index (χ0n) is 15.0. The number of amides is 2. The molecule has 0 bridgehead atoms. The Morgan fingerprint density at radius 1 is 1.07 bits per heavy atom. The van der Waals surface area contributed by atoms with E-state index in [1.165, 1.54) is 0 Å². The molecule has 2 aliphatic heterocycles. The van der Waals surface area contributed by atoms with Crippen LogP contribution < -0.4 is 5.32 Å². The summed E-state index contributed by atoms with van der Waals surface area (Å²) in [4.78, 5) is 26.0. The number of alkyl carbamates (subject to hydrolysis) is 1. The van der Waals surface area contributed by atoms with E-state index in [1.54, 1.807) is 4.90 Å². The first-order valence-electron chi connectivity index (χ1n) is 9.16. The summed E-state index contributed by atoms with van der Waals surface area (Å²) in [6.45, 7) is 1.24. The maximum atomic E-state index is 12.4. The number of ether oxygens (including phenoxy) is 2. The number of carbonyl (C=O) groups is 2. The Bertz CT molecular complexity index is 801. The largest absolute Gasteiger partial charge is 0.445 e. The Labute approximate surface area is 158 Å². The molecule has 1 atom stereocenters. The highest BCUT2D eigenvalue weighted by Crippen LogP contribution is 2.42. The van der Waals surface area contributed by atoms with Gasteiger partial charge in [0.25, 0.3) is 0 Å². The molecule has 2 aromatic carbocycles. The van der Waals surface area contributed by atoms with Gasteiger partial charge in [-0.2, -0.15) is 0 Å². The molecule has 27 heavy (non-hydrogen) atoms. The topological polar surface area (TPSA) is 67.9 Å². The molecule has 2 aromatic rings. The van der Waals surface area contributed by atoms with E-state index in [0.717, 1.165) is 11.1 Å². The van der Waals surface area contributed by atoms with Gasteiger partial charge in [0.1, 0.15) is 12.2 Å². The summed E-state index contributed by atoms with van der Waals surface area (Å²) < 4.78 is 11.1. The second kappa shape index (κ2) is 7.31. The number of hydrogen-bond donors (Lipinski definition) is 1. The van der Waals surface area contributed by atoms with Gasteiger partial charge in [0.15, 0.2) is 0 Å². The number of rotatable bonds is 3. The number of benzene rings is 2. The third-order valence-corrected chi connectivity index (χ3v) is 5.29. The second-order valence-electron chi connectivity index (χ2n) is 6.97. The standard InChI is InChI=1S/C21H22N2O4/c24-19-22-18(17-9-5-2-6-10-17)21(27-19)11-13-23(14-12-21)20(25)26-15-16-7-3-1-4-8-16/h1-10,18H,11-15H2,(H,22,24). The quantitative estimate of drug-likeness (QED) is 0.901. The van der Waals surface area contributed by atoms with E-state index < -0.39 is 11.7 Å². The summed E-state index contributed by atoms with van der Waals surface area (Å²) in [5, 5.41) is 2.93. The first-order chi connectivity index (χ1) is 13.2. The van der Waals surface area contributed by atoms with Gasteiger partial charge < -0.3 is 19.7 Å². The molecule has 1 spiro atoms. The molecule has 1 unspecified atom stereocenters. The van der Waals surface area contributed by atoms with Crippen LogP contribution >= 0.6 is 0 Å². The fourth-order valence-electron chi connectivity index (χ4n) is 3.82. The third-order valence-electron chi connectivity index (χ3n) is 5.29. The van der Waals surface area contributed by atoms with Gasteiger partial charge in [-0.05, 0) is 11.1 Å². The van der Waals surface area contributed by atoms with E-state index in [2.05, 4.69) is 5.32 Å². The van der Waals surface area contributed by atoms with Gasteiger partial charge in [0.2, 0.25) is 0 Å². The predicted molar refractivity (Wildman–Crippen MR) is 99.0 cm³/mol. The molecule has 0 saturated carbocycles. The average Bonchev–Trinajstić information content (AvgIpc) is 3.03. The summed E-state index contributed by atoms with van der Waals surface area (Å²) in [6, 6.07) is 19.2. The number of piperidine rings is 1. The zero-order chi connectivity index (χ0) is 18.7. The van der Waals surface area contributed by atoms with Crippen molar-refractivity contribution in [1.29, 1.82) is 0 Å². The first kappa shape index (κ1) is 17.4. The predicted octanol–water partition coefficient (Wildman–Crippen LogP) is 3.64. The van der Waals surface area contributed by atoms with Crippen molar-refractivity contribution in [3.05, 3.63) is 71.8 Å². The van der Waals surface area contributed by atoms with Gasteiger partial charge in [-0.15, -0.1) is 0 Å². The van der Waals surface area contributed by atoms with Gasteiger partial charge >= 0.3 is 12.2 Å². The van der Waals surface area contributed by atoms with Gasteiger partial charge in [0.05, 0.1) is 6.04 Å². The molecule has 140 valence electrons. The van der Waals surface area contributed by atoms with Crippen molar-refractivity contribution in [1.82, 2.24) is 10.2 Å². The molecule has 2 saturated heterocycles. The molecular formula is C21H22N2O4. The van der Waals surface area contributed by atoms with Crippen molar-refractivity contribution in [2.75, 3.05) is 13.1 Å². The highest BCUT2D eigenvalue weighted by Gasteiger charge is 2.51. The van der Waals surface area contributed by atoms with E-state index in [-0.39, 0.29) is 18.7 Å². The van der Waals surface area contributed by atoms with Crippen molar-refractivity contribution in [2.45, 2.75) is 31.1 Å². The Hall–Kier alpha value is -3.02. The fraction of sp³-hybridized carbons (Fsp3) is 0.333. The van der Waals surface area contributed by atoms with Crippen LogP contribution in [0.3, 0.4) is 0 Å². The maximum absolute atomic E-state index is 12.4. The zero-order valence-corrected chi connectivity index (χ0v) is 15.0. The van der Waals surface area contributed by atoms with E-state index in [1.807, 2.05) is 60.7 Å². The van der Waals surface area contributed by atoms with Crippen LogP contribution in [0.1, 0.15) is 30.0 Å². The van der Waals surface area contributed by atoms with Crippen molar-refractivity contribution in [2.24, 2.45) is 0 Å². The molecular weight excluding hydrogens is 344 g/mol. The summed E-state index contributed by atoms with van der Waals surface area (Å²) in [5.41, 5.74) is 1.36. The van der Waals surface area contributed by atoms with Crippen LogP contribution in [0.4, 0.5) is 9.59 Å². The fourth-order valence-corrected chi connectivity index (χ4v) is 3.82. The Morgan fingerprint density at radius 3 is 2.37 bits per heavy atom. The molecule has 2 heterocycles. The minimum atomic E-state index is -0.616. The number of carbonyl (C=O) groups excluding carboxylic acids is 2. The Kier molecular flexibility index (Phi) is 4.71. The molecule has 1 N–H and O–H groups in total. The minimum Gasteiger partial charge on any atom is -0.445 e. The summed E-state index contributed by atoms with van der Waals surface area (Å²) in [6.07, 6.45) is 0.420. The lowest BCUT2D eigenvalue weighted by Crippen LogP contribution is -2.49. The molecule has 6 heteroatoms. The number of hydrogen-bond acceptors (Lipinski definition) is 4. The molecule has 4 rings (SSSR count). The van der Waals surface area contributed by atoms with Crippen LogP contribution in [0.2, 0.25) is 0 Å². The van der Waals surface area contributed by atoms with E-state index in [4.69, 9.17) is 9.47 Å². The lowest BCUT2D eigenvalue weighted by atomic mass is 9.81. The molecule has 6 nitrogen and oxygen atoms in total. The van der Waals surface area contributed by atoms with E-state index in [9.17, 15) is 9.59 Å². The highest BCUT2D eigenvalue weighted by molar-refractivity contribution is 5.72. The van der Waals surface area contributed by atoms with Crippen LogP contribution in [0.25, 0.3) is 0 Å². The van der Waals surface area contributed by atoms with Crippen LogP contribution in [0.15, 0.2) is 60.7 Å². The summed E-state index contributed by atoms with van der Waals surface area (Å²) in [5.74, 6) is 0. The first-order valence-corrected chi connectivity index (χ1v) is 9.16. The van der Waals surface area contributed by atoms with Crippen LogP contribution in [-0.4, -0.2) is 35.8 Å². The summed E-state index contributed by atoms with van der Waals surface area (Å²) in [7, 11) is 0. The lowest BCUT2D eigenvalue weighted by molar-refractivity contribution is -0.0192. The van der Waals surface area contributed by atoms with Crippen molar-refractivity contribution >= 4 is 12.2 Å². The lowest BCUT2D eigenvalue weighted by Gasteiger charge is -2.40. The van der Waals surface area contributed by atoms with Crippen LogP contribution in [-0.2, 0) is 16.1 Å². The molecule has 0 radical (unpaired) electrons. The average molecular weight is 366 g/mol. The highest BCUT2D eigenvalue weighted by atomic mass is 16.6. The van der Waals surface area contributed by atoms with Crippen LogP contribution in [0.5, 0.6) is 0 Å². The van der Waals surface area contributed by atoms with E-state index in [0.29, 0.717) is 25.9 Å². The van der Waals surface area contributed by atoms with Gasteiger partial charge in [-0.3, -0.25) is 0 Å². The number of nitrogens with one attached hydrogen (secondary N) is 1. The molecule has 2 fully saturated rings. The van der Waals surface area contributed by atoms with Crippen molar-refractivity contribution in [3.8, 4) is 0 Å². The Morgan fingerprint density at radius 2 is 1.70 bits per heavy atom. The monoisotopic (exact) mass is 366 g/mol. The number of nitrogens with zero attached hydrogens (tertiary/aromatic N) is 1. The van der Waals surface area contributed by atoms with E-state index >= 15 is 0 Å². The molecule has 0 aliphatic carbocycles. The minimum absolute atomic E-state index is 0.200. The van der Waals surface area contributed by atoms with Gasteiger partial charge in [0, 0.05) is 25.9 Å². The Balaban J connectivity index is 1.38. The van der Waals surface area contributed by atoms with Gasteiger partial charge in [-0.25, -0.2) is 9.59 Å². The molecule has 2 amide bonds. The van der Waals surface area contributed by atoms with Crippen molar-refractivity contribution < 1.29 is 19.1 Å². The van der Waals surface area contributed by atoms with Crippen LogP contribution in [0, 0.1) is 0 Å². The van der Waals surface area contributed by atoms with Gasteiger partial charge in [-0.1, -0.05) is 60.7 Å². The smallest absolute Gasteiger partial charge is 0.410 e. The third kappa shape index (κ3) is 3.60. The molecule has 0 aromatic heterocycles. The summed E-state index contributed by atoms with van der Waals surface area (Å²) >= 11 is 0. The number of likely N-dealkylation sites (tertiary alicyclic amines) is 1. The SMILES string of the molecule is O=C1NC(c2ccccc2)C2(CCN(C(=O)OCc3ccccc3)CC2)O1. The second-order valence-corrected chi connectivity index (χ2v) is 6.97. The molecule has 2 aliphatic rings. The van der Waals surface area contributed by atoms with Crippen molar-refractivity contribution in [3.63, 3.8) is 0 Å². The normalized spacial score (nSPS) is 20.8.